The zero-order valence-corrected chi connectivity index (χ0v) is 13.9. The molecule has 4 aliphatic rings. The van der Waals surface area contributed by atoms with E-state index in [2.05, 4.69) is 19.9 Å². The van der Waals surface area contributed by atoms with Gasteiger partial charge in [0.2, 0.25) is 0 Å². The molecule has 1 unspecified atom stereocenters. The highest BCUT2D eigenvalue weighted by Gasteiger charge is 2.60. The van der Waals surface area contributed by atoms with E-state index in [4.69, 9.17) is 0 Å². The van der Waals surface area contributed by atoms with Crippen molar-refractivity contribution < 1.29 is 9.59 Å². The second kappa shape index (κ2) is 4.79. The molecular weight excluding hydrogens is 272 g/mol. The van der Waals surface area contributed by atoms with Crippen molar-refractivity contribution in [3.05, 3.63) is 11.6 Å². The lowest BCUT2D eigenvalue weighted by molar-refractivity contribution is -0.135. The second-order valence-electron chi connectivity index (χ2n) is 8.77. The topological polar surface area (TPSA) is 34.1 Å². The first kappa shape index (κ1) is 14.7. The number of carbonyl (C=O) groups is 2. The number of hydrogen-bond donors (Lipinski definition) is 0. The minimum Gasteiger partial charge on any atom is -0.303 e. The van der Waals surface area contributed by atoms with E-state index >= 15 is 0 Å². The average molecular weight is 300 g/mol. The molecule has 0 aliphatic heterocycles. The molecule has 3 fully saturated rings. The van der Waals surface area contributed by atoms with Crippen LogP contribution in [0.1, 0.15) is 65.2 Å². The van der Waals surface area contributed by atoms with Crippen molar-refractivity contribution in [2.24, 2.45) is 34.5 Å². The molecular formula is C20H28O2. The van der Waals surface area contributed by atoms with Crippen LogP contribution in [0.25, 0.3) is 0 Å². The lowest BCUT2D eigenvalue weighted by atomic mass is 9.48. The Morgan fingerprint density at radius 2 is 1.95 bits per heavy atom. The Bertz CT molecular complexity index is 548. The second-order valence-corrected chi connectivity index (χ2v) is 8.77. The Kier molecular flexibility index (Phi) is 3.19. The summed E-state index contributed by atoms with van der Waals surface area (Å²) in [6.45, 7) is 4.65. The summed E-state index contributed by atoms with van der Waals surface area (Å²) in [4.78, 5) is 24.0. The molecule has 0 bridgehead atoms. The summed E-state index contributed by atoms with van der Waals surface area (Å²) >= 11 is 0. The highest BCUT2D eigenvalue weighted by Crippen LogP contribution is 2.64. The fraction of sp³-hybridized carbons (Fsp3) is 0.800. The number of aldehydes is 1. The Morgan fingerprint density at radius 1 is 1.14 bits per heavy atom. The molecule has 4 rings (SSSR count). The molecule has 0 aromatic heterocycles. The van der Waals surface area contributed by atoms with Gasteiger partial charge in [-0.3, -0.25) is 4.79 Å². The first-order chi connectivity index (χ1) is 10.5. The van der Waals surface area contributed by atoms with Gasteiger partial charge in [-0.05, 0) is 68.1 Å². The third-order valence-corrected chi connectivity index (χ3v) is 7.98. The lowest BCUT2D eigenvalue weighted by Crippen LogP contribution is -2.49. The SMILES string of the molecule is C[C@]12CCCCC1=CC[C@@H]1[C@H]2CC[C@]2(C)C(=O)C(C=O)C[C@@H]12. The van der Waals surface area contributed by atoms with Gasteiger partial charge in [-0.15, -0.1) is 0 Å². The molecule has 0 aromatic carbocycles. The van der Waals surface area contributed by atoms with Crippen LogP contribution in [-0.2, 0) is 9.59 Å². The Balaban J connectivity index is 1.71. The standard InChI is InChI=1S/C20H28O2/c1-19-9-4-3-5-14(19)6-7-15-16(19)8-10-20(2)17(15)11-13(12-21)18(20)22/h6,12-13,15-17H,3-5,7-11H2,1-2H3/t13?,15-,16-,17+,19+,20+/m1/s1. The van der Waals surface area contributed by atoms with E-state index in [0.29, 0.717) is 17.3 Å². The third-order valence-electron chi connectivity index (χ3n) is 7.98. The van der Waals surface area contributed by atoms with Crippen LogP contribution < -0.4 is 0 Å². The molecule has 0 spiro atoms. The summed E-state index contributed by atoms with van der Waals surface area (Å²) in [5, 5.41) is 0. The van der Waals surface area contributed by atoms with Crippen LogP contribution in [0.2, 0.25) is 0 Å². The van der Waals surface area contributed by atoms with E-state index in [-0.39, 0.29) is 17.1 Å². The number of hydrogen-bond acceptors (Lipinski definition) is 2. The summed E-state index contributed by atoms with van der Waals surface area (Å²) < 4.78 is 0. The maximum absolute atomic E-state index is 12.7. The summed E-state index contributed by atoms with van der Waals surface area (Å²) in [5.74, 6) is 1.72. The number of carbonyl (C=O) groups excluding carboxylic acids is 2. The van der Waals surface area contributed by atoms with Gasteiger partial charge in [-0.2, -0.15) is 0 Å². The maximum Gasteiger partial charge on any atom is 0.149 e. The summed E-state index contributed by atoms with van der Waals surface area (Å²) in [7, 11) is 0. The fourth-order valence-electron chi connectivity index (χ4n) is 6.68. The van der Waals surface area contributed by atoms with Crippen molar-refractivity contribution in [3.8, 4) is 0 Å². The van der Waals surface area contributed by atoms with E-state index < -0.39 is 0 Å². The van der Waals surface area contributed by atoms with Crippen molar-refractivity contribution in [2.45, 2.75) is 65.2 Å². The molecule has 6 atom stereocenters. The number of Topliss-reactive ketones (excluding diaryl/α,β-unsaturated/α-hetero) is 1. The lowest BCUT2D eigenvalue weighted by Gasteiger charge is -2.56. The molecule has 0 amide bonds. The largest absolute Gasteiger partial charge is 0.303 e. The molecule has 0 heterocycles. The van der Waals surface area contributed by atoms with Gasteiger partial charge in [0, 0.05) is 5.41 Å². The molecule has 3 saturated carbocycles. The quantitative estimate of drug-likeness (QED) is 0.410. The van der Waals surface area contributed by atoms with Crippen molar-refractivity contribution in [3.63, 3.8) is 0 Å². The van der Waals surface area contributed by atoms with Crippen LogP contribution in [0.5, 0.6) is 0 Å². The Morgan fingerprint density at radius 3 is 2.73 bits per heavy atom. The van der Waals surface area contributed by atoms with Crippen LogP contribution in [-0.4, -0.2) is 12.1 Å². The monoisotopic (exact) mass is 300 g/mol. The Labute approximate surface area is 133 Å². The van der Waals surface area contributed by atoms with Gasteiger partial charge in [0.25, 0.3) is 0 Å². The average Bonchev–Trinajstić information content (AvgIpc) is 2.78. The van der Waals surface area contributed by atoms with Crippen LogP contribution in [0, 0.1) is 34.5 Å². The van der Waals surface area contributed by atoms with Gasteiger partial charge in [0.05, 0.1) is 5.92 Å². The van der Waals surface area contributed by atoms with E-state index in [0.717, 1.165) is 31.5 Å². The zero-order chi connectivity index (χ0) is 15.5. The fourth-order valence-corrected chi connectivity index (χ4v) is 6.68. The molecule has 0 radical (unpaired) electrons. The number of ketones is 1. The molecule has 22 heavy (non-hydrogen) atoms. The van der Waals surface area contributed by atoms with Crippen molar-refractivity contribution in [1.82, 2.24) is 0 Å². The van der Waals surface area contributed by atoms with Gasteiger partial charge < -0.3 is 4.79 Å². The van der Waals surface area contributed by atoms with Gasteiger partial charge >= 0.3 is 0 Å². The van der Waals surface area contributed by atoms with Crippen molar-refractivity contribution in [2.75, 3.05) is 0 Å². The molecule has 2 heteroatoms. The van der Waals surface area contributed by atoms with Crippen LogP contribution in [0.15, 0.2) is 11.6 Å². The summed E-state index contributed by atoms with van der Waals surface area (Å²) in [5.41, 5.74) is 1.87. The minimum absolute atomic E-state index is 0.219. The molecule has 0 N–H and O–H groups in total. The molecule has 0 saturated heterocycles. The van der Waals surface area contributed by atoms with Crippen LogP contribution in [0.4, 0.5) is 0 Å². The van der Waals surface area contributed by atoms with Crippen molar-refractivity contribution in [1.29, 1.82) is 0 Å². The first-order valence-corrected chi connectivity index (χ1v) is 9.20. The molecule has 2 nitrogen and oxygen atoms in total. The highest BCUT2D eigenvalue weighted by molar-refractivity contribution is 5.99. The third kappa shape index (κ3) is 1.73. The van der Waals surface area contributed by atoms with E-state index in [1.165, 1.54) is 32.1 Å². The smallest absolute Gasteiger partial charge is 0.149 e. The Hall–Kier alpha value is -0.920. The number of rotatable bonds is 1. The van der Waals surface area contributed by atoms with Crippen LogP contribution >= 0.6 is 0 Å². The molecule has 4 aliphatic carbocycles. The van der Waals surface area contributed by atoms with Gasteiger partial charge in [0.1, 0.15) is 12.1 Å². The number of allylic oxidation sites excluding steroid dienone is 2. The van der Waals surface area contributed by atoms with Gasteiger partial charge in [0.15, 0.2) is 0 Å². The van der Waals surface area contributed by atoms with Crippen LogP contribution in [0.3, 0.4) is 0 Å². The predicted molar refractivity (Wildman–Crippen MR) is 86.3 cm³/mol. The van der Waals surface area contributed by atoms with E-state index in [1.807, 2.05) is 0 Å². The maximum atomic E-state index is 12.7. The summed E-state index contributed by atoms with van der Waals surface area (Å²) in [6, 6.07) is 0. The van der Waals surface area contributed by atoms with Gasteiger partial charge in [-0.1, -0.05) is 31.9 Å². The predicted octanol–water partition coefficient (Wildman–Crippen LogP) is 4.33. The molecule has 120 valence electrons. The van der Waals surface area contributed by atoms with E-state index in [9.17, 15) is 9.59 Å². The highest BCUT2D eigenvalue weighted by atomic mass is 16.1. The summed E-state index contributed by atoms with van der Waals surface area (Å²) in [6.07, 6.45) is 12.9. The van der Waals surface area contributed by atoms with E-state index in [1.54, 1.807) is 5.57 Å². The molecule has 0 aromatic rings. The van der Waals surface area contributed by atoms with Crippen molar-refractivity contribution >= 4 is 12.1 Å². The van der Waals surface area contributed by atoms with Gasteiger partial charge in [-0.25, -0.2) is 0 Å². The number of fused-ring (bicyclic) bond motifs is 5. The normalized spacial score (nSPS) is 50.6. The first-order valence-electron chi connectivity index (χ1n) is 9.20. The minimum atomic E-state index is -0.321. The zero-order valence-electron chi connectivity index (χ0n) is 13.9.